The second-order valence-electron chi connectivity index (χ2n) is 8.69. The van der Waals surface area contributed by atoms with E-state index in [9.17, 15) is 4.79 Å². The summed E-state index contributed by atoms with van der Waals surface area (Å²) < 4.78 is 0. The second kappa shape index (κ2) is 10.2. The Balaban J connectivity index is 1.44. The molecule has 4 heterocycles. The molecule has 9 heteroatoms. The zero-order valence-corrected chi connectivity index (χ0v) is 21.5. The number of nitrogens with zero attached hydrogens (tertiary/aromatic N) is 6. The molecule has 1 amide bonds. The van der Waals surface area contributed by atoms with Crippen molar-refractivity contribution in [1.82, 2.24) is 24.8 Å². The standard InChI is InChI=1S/C27H24Cl2N6O/c1-17-4-3-8-31-24(17)27(36)35-12-10-34(11-13-35)23-16-32-25(19-5-6-21(28)18(2)14-19)26(33-23)20-7-9-30-15-22(20)29/h3-9,14-16H,10-13H2,1-2H3. The van der Waals surface area contributed by atoms with Crippen molar-refractivity contribution < 1.29 is 4.79 Å². The van der Waals surface area contributed by atoms with E-state index in [1.807, 2.05) is 55.1 Å². The molecule has 1 fully saturated rings. The summed E-state index contributed by atoms with van der Waals surface area (Å²) in [6.07, 6.45) is 6.72. The van der Waals surface area contributed by atoms with Gasteiger partial charge in [-0.1, -0.05) is 35.3 Å². The maximum Gasteiger partial charge on any atom is 0.272 e. The van der Waals surface area contributed by atoms with Crippen LogP contribution in [0.2, 0.25) is 10.0 Å². The summed E-state index contributed by atoms with van der Waals surface area (Å²) in [7, 11) is 0. The molecule has 0 unspecified atom stereocenters. The molecule has 0 atom stereocenters. The summed E-state index contributed by atoms with van der Waals surface area (Å²) >= 11 is 12.8. The quantitative estimate of drug-likeness (QED) is 0.355. The molecule has 5 rings (SSSR count). The Labute approximate surface area is 219 Å². The third-order valence-corrected chi connectivity index (χ3v) is 7.05. The molecular weight excluding hydrogens is 495 g/mol. The van der Waals surface area contributed by atoms with Gasteiger partial charge in [-0.15, -0.1) is 0 Å². The summed E-state index contributed by atoms with van der Waals surface area (Å²) in [6, 6.07) is 11.4. The molecule has 7 nitrogen and oxygen atoms in total. The smallest absolute Gasteiger partial charge is 0.272 e. The van der Waals surface area contributed by atoms with Gasteiger partial charge in [0.1, 0.15) is 17.2 Å². The van der Waals surface area contributed by atoms with Crippen molar-refractivity contribution in [3.8, 4) is 22.5 Å². The van der Waals surface area contributed by atoms with E-state index >= 15 is 0 Å². The van der Waals surface area contributed by atoms with E-state index in [2.05, 4.69) is 14.9 Å². The van der Waals surface area contributed by atoms with Gasteiger partial charge in [-0.3, -0.25) is 19.7 Å². The number of aryl methyl sites for hydroxylation is 2. The fourth-order valence-electron chi connectivity index (χ4n) is 4.29. The van der Waals surface area contributed by atoms with Gasteiger partial charge in [0, 0.05) is 60.9 Å². The number of amides is 1. The maximum atomic E-state index is 13.0. The van der Waals surface area contributed by atoms with Crippen molar-refractivity contribution in [2.24, 2.45) is 0 Å². The van der Waals surface area contributed by atoms with Crippen molar-refractivity contribution in [3.05, 3.63) is 88.1 Å². The first kappa shape index (κ1) is 24.2. The maximum absolute atomic E-state index is 13.0. The number of carbonyl (C=O) groups excluding carboxylic acids is 1. The van der Waals surface area contributed by atoms with E-state index in [-0.39, 0.29) is 5.91 Å². The lowest BCUT2D eigenvalue weighted by atomic mass is 10.0. The number of piperazine rings is 1. The number of pyridine rings is 2. The predicted octanol–water partition coefficient (Wildman–Crippen LogP) is 5.49. The van der Waals surface area contributed by atoms with Crippen molar-refractivity contribution in [2.45, 2.75) is 13.8 Å². The lowest BCUT2D eigenvalue weighted by molar-refractivity contribution is 0.0740. The lowest BCUT2D eigenvalue weighted by Gasteiger charge is -2.35. The fourth-order valence-corrected chi connectivity index (χ4v) is 4.61. The van der Waals surface area contributed by atoms with Gasteiger partial charge in [-0.2, -0.15) is 0 Å². The van der Waals surface area contributed by atoms with Crippen LogP contribution in [0.1, 0.15) is 21.6 Å². The third kappa shape index (κ3) is 4.76. The summed E-state index contributed by atoms with van der Waals surface area (Å²) in [5.74, 6) is 0.685. The SMILES string of the molecule is Cc1cc(-c2ncc(N3CCN(C(=O)c4ncccc4C)CC3)nc2-c2ccncc2Cl)ccc1Cl. The van der Waals surface area contributed by atoms with Gasteiger partial charge in [0.25, 0.3) is 5.91 Å². The molecule has 182 valence electrons. The monoisotopic (exact) mass is 518 g/mol. The normalized spacial score (nSPS) is 13.7. The van der Waals surface area contributed by atoms with Crippen molar-refractivity contribution >= 4 is 34.9 Å². The van der Waals surface area contributed by atoms with Crippen LogP contribution >= 0.6 is 23.2 Å². The van der Waals surface area contributed by atoms with Crippen LogP contribution in [0, 0.1) is 13.8 Å². The van der Waals surface area contributed by atoms with Crippen LogP contribution in [-0.4, -0.2) is 56.9 Å². The number of rotatable bonds is 4. The van der Waals surface area contributed by atoms with Gasteiger partial charge < -0.3 is 9.80 Å². The first-order valence-corrected chi connectivity index (χ1v) is 12.4. The highest BCUT2D eigenvalue weighted by Gasteiger charge is 2.26. The molecule has 1 aliphatic rings. The van der Waals surface area contributed by atoms with Gasteiger partial charge in [0.15, 0.2) is 0 Å². The number of carbonyl (C=O) groups is 1. The van der Waals surface area contributed by atoms with Gasteiger partial charge in [-0.05, 0) is 49.2 Å². The van der Waals surface area contributed by atoms with Crippen molar-refractivity contribution in [3.63, 3.8) is 0 Å². The predicted molar refractivity (Wildman–Crippen MR) is 143 cm³/mol. The summed E-state index contributed by atoms with van der Waals surface area (Å²) in [4.78, 5) is 35.2. The topological polar surface area (TPSA) is 75.1 Å². The van der Waals surface area contributed by atoms with Crippen LogP contribution in [0.4, 0.5) is 5.82 Å². The number of aromatic nitrogens is 4. The van der Waals surface area contributed by atoms with Crippen LogP contribution in [0.25, 0.3) is 22.5 Å². The molecule has 0 N–H and O–H groups in total. The molecule has 36 heavy (non-hydrogen) atoms. The molecule has 1 saturated heterocycles. The molecule has 3 aromatic heterocycles. The zero-order chi connectivity index (χ0) is 25.2. The van der Waals surface area contributed by atoms with Crippen LogP contribution < -0.4 is 4.90 Å². The van der Waals surface area contributed by atoms with Crippen LogP contribution in [0.15, 0.2) is 61.2 Å². The molecule has 0 bridgehead atoms. The molecule has 0 spiro atoms. The van der Waals surface area contributed by atoms with E-state index in [0.717, 1.165) is 28.1 Å². The number of benzene rings is 1. The summed E-state index contributed by atoms with van der Waals surface area (Å²) in [5.41, 5.74) is 5.37. The average Bonchev–Trinajstić information content (AvgIpc) is 2.90. The largest absolute Gasteiger partial charge is 0.352 e. The molecule has 0 saturated carbocycles. The van der Waals surface area contributed by atoms with Crippen LogP contribution in [-0.2, 0) is 0 Å². The van der Waals surface area contributed by atoms with Crippen molar-refractivity contribution in [2.75, 3.05) is 31.1 Å². The van der Waals surface area contributed by atoms with Gasteiger partial charge in [0.2, 0.25) is 0 Å². The molecule has 1 aromatic carbocycles. The minimum atomic E-state index is -0.0449. The minimum Gasteiger partial charge on any atom is -0.352 e. The second-order valence-corrected chi connectivity index (χ2v) is 9.51. The Morgan fingerprint density at radius 2 is 1.67 bits per heavy atom. The molecule has 0 aliphatic carbocycles. The van der Waals surface area contributed by atoms with Gasteiger partial charge in [-0.25, -0.2) is 4.98 Å². The third-order valence-electron chi connectivity index (χ3n) is 6.32. The Hall–Kier alpha value is -3.55. The van der Waals surface area contributed by atoms with Crippen LogP contribution in [0.5, 0.6) is 0 Å². The first-order valence-electron chi connectivity index (χ1n) is 11.6. The number of halogens is 2. The Bertz CT molecular complexity index is 1440. The Kier molecular flexibility index (Phi) is 6.85. The van der Waals surface area contributed by atoms with E-state index < -0.39 is 0 Å². The highest BCUT2D eigenvalue weighted by Crippen LogP contribution is 2.35. The van der Waals surface area contributed by atoms with Gasteiger partial charge >= 0.3 is 0 Å². The Morgan fingerprint density at radius 3 is 2.39 bits per heavy atom. The molecular formula is C27H24Cl2N6O. The number of anilines is 1. The summed E-state index contributed by atoms with van der Waals surface area (Å²) in [6.45, 7) is 6.27. The van der Waals surface area contributed by atoms with Crippen molar-refractivity contribution in [1.29, 1.82) is 0 Å². The first-order chi connectivity index (χ1) is 17.4. The fraction of sp³-hybridized carbons (Fsp3) is 0.222. The molecule has 4 aromatic rings. The Morgan fingerprint density at radius 1 is 0.861 bits per heavy atom. The van der Waals surface area contributed by atoms with Crippen LogP contribution in [0.3, 0.4) is 0 Å². The molecule has 1 aliphatic heterocycles. The highest BCUT2D eigenvalue weighted by molar-refractivity contribution is 6.33. The molecule has 0 radical (unpaired) electrons. The highest BCUT2D eigenvalue weighted by atomic mass is 35.5. The average molecular weight is 519 g/mol. The number of hydrogen-bond acceptors (Lipinski definition) is 6. The summed E-state index contributed by atoms with van der Waals surface area (Å²) in [5, 5.41) is 1.19. The van der Waals surface area contributed by atoms with E-state index in [1.165, 1.54) is 0 Å². The lowest BCUT2D eigenvalue weighted by Crippen LogP contribution is -2.49. The van der Waals surface area contributed by atoms with E-state index in [4.69, 9.17) is 33.2 Å². The minimum absolute atomic E-state index is 0.0449. The number of hydrogen-bond donors (Lipinski definition) is 0. The van der Waals surface area contributed by atoms with E-state index in [0.29, 0.717) is 53.3 Å². The van der Waals surface area contributed by atoms with Gasteiger partial charge in [0.05, 0.1) is 16.9 Å². The zero-order valence-electron chi connectivity index (χ0n) is 19.9. The van der Waals surface area contributed by atoms with E-state index in [1.54, 1.807) is 24.8 Å².